The van der Waals surface area contributed by atoms with Crippen LogP contribution >= 0.6 is 0 Å². The summed E-state index contributed by atoms with van der Waals surface area (Å²) in [7, 11) is 2.27. The Hall–Kier alpha value is -0.0800. The minimum Gasteiger partial charge on any atom is -0.308 e. The Morgan fingerprint density at radius 3 is 2.17 bits per heavy atom. The van der Waals surface area contributed by atoms with Crippen LogP contribution < -0.4 is 0 Å². The van der Waals surface area contributed by atoms with Gasteiger partial charge in [-0.2, -0.15) is 0 Å². The molecule has 0 aliphatic carbocycles. The fourth-order valence-corrected chi connectivity index (χ4v) is 3.04. The third-order valence-electron chi connectivity index (χ3n) is 4.22. The first-order chi connectivity index (χ1) is 5.66. The summed E-state index contributed by atoms with van der Waals surface area (Å²) in [5, 5.41) is 0. The molecule has 2 atom stereocenters. The number of hydrogen-bond acceptors (Lipinski definition) is 1. The van der Waals surface area contributed by atoms with Crippen molar-refractivity contribution in [1.82, 2.24) is 4.90 Å². The van der Waals surface area contributed by atoms with Gasteiger partial charge in [-0.25, -0.2) is 0 Å². The lowest BCUT2D eigenvalue weighted by molar-refractivity contribution is -0.930. The molecule has 0 N–H and O–H groups in total. The largest absolute Gasteiger partial charge is 0.308 e. The number of rotatable bonds is 0. The number of likely N-dealkylation sites (N-methyl/N-ethyl adjacent to an activating group) is 1. The predicted molar refractivity (Wildman–Crippen MR) is 50.8 cm³/mol. The zero-order valence-electron chi connectivity index (χ0n) is 8.58. The van der Waals surface area contributed by atoms with Gasteiger partial charge in [0.25, 0.3) is 0 Å². The second-order valence-electron chi connectivity index (χ2n) is 4.75. The van der Waals surface area contributed by atoms with Gasteiger partial charge in [-0.05, 0) is 20.9 Å². The smallest absolute Gasteiger partial charge is 0.135 e. The quantitative estimate of drug-likeness (QED) is 0.494. The summed E-state index contributed by atoms with van der Waals surface area (Å²) in [6.07, 6.45) is 2.90. The topological polar surface area (TPSA) is 3.24 Å². The van der Waals surface area contributed by atoms with Crippen molar-refractivity contribution in [2.24, 2.45) is 0 Å². The zero-order valence-corrected chi connectivity index (χ0v) is 8.58. The maximum Gasteiger partial charge on any atom is 0.135 e. The number of hydrogen-bond donors (Lipinski definition) is 0. The van der Waals surface area contributed by atoms with E-state index in [1.165, 1.54) is 37.1 Å². The molecule has 0 aromatic rings. The normalized spacial score (nSPS) is 41.2. The zero-order chi connectivity index (χ0) is 8.77. The highest BCUT2D eigenvalue weighted by Crippen LogP contribution is 2.32. The van der Waals surface area contributed by atoms with E-state index >= 15 is 0 Å². The standard InChI is InChI=1S/C10H21N2/c1-9-10(2)12(8-11(9)3)6-4-5-7-12/h9-10H,4-8H2,1-3H3/q+1. The van der Waals surface area contributed by atoms with Crippen LogP contribution in [0, 0.1) is 0 Å². The highest BCUT2D eigenvalue weighted by atomic mass is 15.5. The van der Waals surface area contributed by atoms with Gasteiger partial charge in [0.1, 0.15) is 12.7 Å². The molecule has 2 fully saturated rings. The molecule has 12 heavy (non-hydrogen) atoms. The molecule has 2 heterocycles. The van der Waals surface area contributed by atoms with Crippen molar-refractivity contribution < 1.29 is 4.48 Å². The molecule has 2 rings (SSSR count). The van der Waals surface area contributed by atoms with Crippen LogP contribution in [0.3, 0.4) is 0 Å². The van der Waals surface area contributed by atoms with E-state index < -0.39 is 0 Å². The summed E-state index contributed by atoms with van der Waals surface area (Å²) in [4.78, 5) is 2.52. The van der Waals surface area contributed by atoms with Gasteiger partial charge in [0, 0.05) is 12.8 Å². The Bertz CT molecular complexity index is 173. The van der Waals surface area contributed by atoms with Crippen LogP contribution in [-0.2, 0) is 0 Å². The SMILES string of the molecule is CC1C(C)[N+]2(CCCC2)CN1C. The van der Waals surface area contributed by atoms with Gasteiger partial charge in [0.05, 0.1) is 19.1 Å². The lowest BCUT2D eigenvalue weighted by Gasteiger charge is -2.33. The monoisotopic (exact) mass is 169 g/mol. The Morgan fingerprint density at radius 2 is 1.75 bits per heavy atom. The summed E-state index contributed by atoms with van der Waals surface area (Å²) < 4.78 is 1.39. The van der Waals surface area contributed by atoms with Gasteiger partial charge in [-0.1, -0.05) is 0 Å². The van der Waals surface area contributed by atoms with Crippen LogP contribution in [0.1, 0.15) is 26.7 Å². The van der Waals surface area contributed by atoms with Crippen molar-refractivity contribution in [3.8, 4) is 0 Å². The lowest BCUT2D eigenvalue weighted by atomic mass is 10.1. The van der Waals surface area contributed by atoms with Gasteiger partial charge >= 0.3 is 0 Å². The maximum absolute atomic E-state index is 2.52. The van der Waals surface area contributed by atoms with E-state index in [0.29, 0.717) is 0 Å². The average molecular weight is 169 g/mol. The van der Waals surface area contributed by atoms with E-state index in [1.807, 2.05) is 0 Å². The highest BCUT2D eigenvalue weighted by molar-refractivity contribution is 4.78. The average Bonchev–Trinajstić information content (AvgIpc) is 2.57. The molecule has 0 bridgehead atoms. The predicted octanol–water partition coefficient (Wildman–Crippen LogP) is 1.28. The van der Waals surface area contributed by atoms with Crippen LogP contribution in [0.2, 0.25) is 0 Å². The van der Waals surface area contributed by atoms with Crippen LogP contribution in [0.5, 0.6) is 0 Å². The molecule has 1 spiro atoms. The van der Waals surface area contributed by atoms with E-state index in [0.717, 1.165) is 12.1 Å². The Balaban J connectivity index is 2.17. The molecule has 2 heteroatoms. The first-order valence-electron chi connectivity index (χ1n) is 5.22. The molecule has 0 radical (unpaired) electrons. The van der Waals surface area contributed by atoms with Crippen molar-refractivity contribution in [3.63, 3.8) is 0 Å². The van der Waals surface area contributed by atoms with Crippen LogP contribution in [0.15, 0.2) is 0 Å². The molecule has 0 aromatic carbocycles. The van der Waals surface area contributed by atoms with Crippen LogP contribution in [0.4, 0.5) is 0 Å². The molecule has 2 nitrogen and oxygen atoms in total. The van der Waals surface area contributed by atoms with Gasteiger partial charge in [-0.15, -0.1) is 0 Å². The fourth-order valence-electron chi connectivity index (χ4n) is 3.04. The minimum atomic E-state index is 0.781. The fraction of sp³-hybridized carbons (Fsp3) is 1.00. The number of quaternary nitrogens is 1. The summed E-state index contributed by atoms with van der Waals surface area (Å²) >= 11 is 0. The summed E-state index contributed by atoms with van der Waals surface area (Å²) in [6.45, 7) is 8.95. The molecule has 2 aliphatic heterocycles. The van der Waals surface area contributed by atoms with E-state index in [-0.39, 0.29) is 0 Å². The first-order valence-corrected chi connectivity index (χ1v) is 5.22. The second kappa shape index (κ2) is 2.71. The van der Waals surface area contributed by atoms with Gasteiger partial charge < -0.3 is 4.48 Å². The summed E-state index contributed by atoms with van der Waals surface area (Å²) in [5.74, 6) is 0. The van der Waals surface area contributed by atoms with Crippen molar-refractivity contribution >= 4 is 0 Å². The van der Waals surface area contributed by atoms with Crippen LogP contribution in [0.25, 0.3) is 0 Å². The van der Waals surface area contributed by atoms with Crippen molar-refractivity contribution in [2.45, 2.75) is 38.8 Å². The third-order valence-corrected chi connectivity index (χ3v) is 4.22. The molecule has 70 valence electrons. The van der Waals surface area contributed by atoms with Gasteiger partial charge in [0.2, 0.25) is 0 Å². The molecular formula is C10H21N2+. The van der Waals surface area contributed by atoms with Gasteiger partial charge in [-0.3, -0.25) is 4.90 Å². The van der Waals surface area contributed by atoms with Crippen LogP contribution in [-0.4, -0.2) is 48.3 Å². The van der Waals surface area contributed by atoms with E-state index in [2.05, 4.69) is 25.8 Å². The van der Waals surface area contributed by atoms with E-state index in [4.69, 9.17) is 0 Å². The minimum absolute atomic E-state index is 0.781. The molecule has 0 aromatic heterocycles. The van der Waals surface area contributed by atoms with Crippen molar-refractivity contribution in [3.05, 3.63) is 0 Å². The second-order valence-corrected chi connectivity index (χ2v) is 4.75. The third kappa shape index (κ3) is 1.01. The molecule has 2 aliphatic rings. The highest BCUT2D eigenvalue weighted by Gasteiger charge is 2.47. The maximum atomic E-state index is 2.52. The molecule has 2 unspecified atom stereocenters. The van der Waals surface area contributed by atoms with Gasteiger partial charge in [0.15, 0.2) is 0 Å². The molecule has 0 saturated carbocycles. The van der Waals surface area contributed by atoms with Crippen molar-refractivity contribution in [1.29, 1.82) is 0 Å². The summed E-state index contributed by atoms with van der Waals surface area (Å²) in [5.41, 5.74) is 0. The lowest BCUT2D eigenvalue weighted by Crippen LogP contribution is -2.49. The first kappa shape index (κ1) is 8.52. The Kier molecular flexibility index (Phi) is 1.92. The summed E-state index contributed by atoms with van der Waals surface area (Å²) in [6, 6.07) is 1.64. The molecular weight excluding hydrogens is 148 g/mol. The number of nitrogens with zero attached hydrogens (tertiary/aromatic N) is 2. The molecule has 2 saturated heterocycles. The van der Waals surface area contributed by atoms with Crippen molar-refractivity contribution in [2.75, 3.05) is 26.8 Å². The van der Waals surface area contributed by atoms with E-state index in [9.17, 15) is 0 Å². The Morgan fingerprint density at radius 1 is 1.17 bits per heavy atom. The Labute approximate surface area is 75.7 Å². The van der Waals surface area contributed by atoms with E-state index in [1.54, 1.807) is 0 Å². The molecule has 0 amide bonds.